The molecule has 0 saturated heterocycles. The van der Waals surface area contributed by atoms with Crippen LogP contribution in [0.1, 0.15) is 18.2 Å². The van der Waals surface area contributed by atoms with Crippen LogP contribution in [0.5, 0.6) is 0 Å². The molecular weight excluding hydrogens is 241 g/mol. The number of aryl methyl sites for hydroxylation is 1. The summed E-state index contributed by atoms with van der Waals surface area (Å²) in [5.41, 5.74) is 1.16. The van der Waals surface area contributed by atoms with Crippen LogP contribution in [0.3, 0.4) is 0 Å². The highest BCUT2D eigenvalue weighted by Crippen LogP contribution is 2.30. The van der Waals surface area contributed by atoms with Crippen molar-refractivity contribution in [1.29, 1.82) is 0 Å². The standard InChI is InChI=1S/C13H10F3N2/c1-2-11-7-8-12(18-17-11)9-3-5-10(6-4-9)13(14,15)16/h3-6,8H,2H2,1H3. The minimum Gasteiger partial charge on any atom is -0.166 e. The number of hydrogen-bond acceptors (Lipinski definition) is 2. The molecule has 0 unspecified atom stereocenters. The smallest absolute Gasteiger partial charge is 0.166 e. The normalized spacial score (nSPS) is 11.6. The van der Waals surface area contributed by atoms with Gasteiger partial charge in [0.05, 0.1) is 17.0 Å². The van der Waals surface area contributed by atoms with E-state index >= 15 is 0 Å². The number of nitrogens with zero attached hydrogens (tertiary/aromatic N) is 2. The summed E-state index contributed by atoms with van der Waals surface area (Å²) < 4.78 is 37.2. The lowest BCUT2D eigenvalue weighted by molar-refractivity contribution is -0.137. The minimum absolute atomic E-state index is 0.515. The fourth-order valence-corrected chi connectivity index (χ4v) is 1.47. The Balaban J connectivity index is 2.28. The predicted molar refractivity (Wildman–Crippen MR) is 60.7 cm³/mol. The maximum absolute atomic E-state index is 12.4. The second kappa shape index (κ2) is 4.76. The lowest BCUT2D eigenvalue weighted by Gasteiger charge is -2.07. The summed E-state index contributed by atoms with van der Waals surface area (Å²) in [7, 11) is 0. The number of hydrogen-bond donors (Lipinski definition) is 0. The maximum Gasteiger partial charge on any atom is 0.416 e. The Morgan fingerprint density at radius 2 is 1.78 bits per heavy atom. The van der Waals surface area contributed by atoms with Crippen molar-refractivity contribution in [2.45, 2.75) is 19.5 Å². The number of aromatic nitrogens is 2. The second-order valence-corrected chi connectivity index (χ2v) is 3.75. The molecular formula is C13H10F3N2. The van der Waals surface area contributed by atoms with Gasteiger partial charge < -0.3 is 0 Å². The van der Waals surface area contributed by atoms with Crippen LogP contribution in [0.15, 0.2) is 30.3 Å². The molecule has 0 N–H and O–H groups in total. The van der Waals surface area contributed by atoms with Gasteiger partial charge >= 0.3 is 6.18 Å². The number of alkyl halides is 3. The van der Waals surface area contributed by atoms with Crippen LogP contribution >= 0.6 is 0 Å². The molecule has 18 heavy (non-hydrogen) atoms. The molecule has 0 atom stereocenters. The van der Waals surface area contributed by atoms with Gasteiger partial charge in [-0.3, -0.25) is 0 Å². The van der Waals surface area contributed by atoms with Crippen LogP contribution < -0.4 is 0 Å². The van der Waals surface area contributed by atoms with Gasteiger partial charge in [0, 0.05) is 11.6 Å². The van der Waals surface area contributed by atoms with E-state index in [1.807, 2.05) is 6.92 Å². The van der Waals surface area contributed by atoms with Gasteiger partial charge in [-0.05, 0) is 24.6 Å². The first kappa shape index (κ1) is 12.5. The zero-order valence-corrected chi connectivity index (χ0v) is 9.62. The summed E-state index contributed by atoms with van der Waals surface area (Å²) in [6.07, 6.45) is -3.59. The van der Waals surface area contributed by atoms with Gasteiger partial charge in [0.2, 0.25) is 0 Å². The Morgan fingerprint density at radius 1 is 1.11 bits per heavy atom. The van der Waals surface area contributed by atoms with Crippen molar-refractivity contribution < 1.29 is 13.2 Å². The van der Waals surface area contributed by atoms with Crippen molar-refractivity contribution in [2.24, 2.45) is 0 Å². The highest BCUT2D eigenvalue weighted by Gasteiger charge is 2.29. The van der Waals surface area contributed by atoms with E-state index in [0.717, 1.165) is 24.2 Å². The lowest BCUT2D eigenvalue weighted by Crippen LogP contribution is -2.04. The molecule has 1 heterocycles. The van der Waals surface area contributed by atoms with Crippen LogP contribution in [-0.2, 0) is 12.6 Å². The van der Waals surface area contributed by atoms with E-state index in [0.29, 0.717) is 11.3 Å². The Morgan fingerprint density at radius 3 is 2.22 bits per heavy atom. The Kier molecular flexibility index (Phi) is 3.32. The van der Waals surface area contributed by atoms with Gasteiger partial charge in [-0.2, -0.15) is 23.4 Å². The third kappa shape index (κ3) is 2.67. The van der Waals surface area contributed by atoms with Crippen LogP contribution in [0, 0.1) is 6.07 Å². The topological polar surface area (TPSA) is 25.8 Å². The second-order valence-electron chi connectivity index (χ2n) is 3.75. The summed E-state index contributed by atoms with van der Waals surface area (Å²) in [5.74, 6) is 0. The first-order chi connectivity index (χ1) is 8.50. The third-order valence-electron chi connectivity index (χ3n) is 2.50. The molecule has 0 bridgehead atoms. The first-order valence-corrected chi connectivity index (χ1v) is 5.42. The van der Waals surface area contributed by atoms with E-state index in [2.05, 4.69) is 16.3 Å². The van der Waals surface area contributed by atoms with Crippen LogP contribution in [0.4, 0.5) is 13.2 Å². The Hall–Kier alpha value is -1.91. The zero-order chi connectivity index (χ0) is 13.2. The molecule has 1 aromatic heterocycles. The third-order valence-corrected chi connectivity index (χ3v) is 2.50. The highest BCUT2D eigenvalue weighted by atomic mass is 19.4. The minimum atomic E-state index is -4.32. The summed E-state index contributed by atoms with van der Waals surface area (Å²) in [5, 5.41) is 7.87. The maximum atomic E-state index is 12.4. The molecule has 0 aliphatic carbocycles. The molecule has 93 valence electrons. The van der Waals surface area contributed by atoms with Gasteiger partial charge in [0.15, 0.2) is 0 Å². The zero-order valence-electron chi connectivity index (χ0n) is 9.62. The van der Waals surface area contributed by atoms with E-state index < -0.39 is 11.7 Å². The molecule has 2 aromatic rings. The van der Waals surface area contributed by atoms with Crippen LogP contribution in [0.2, 0.25) is 0 Å². The van der Waals surface area contributed by atoms with Crippen LogP contribution in [-0.4, -0.2) is 10.2 Å². The van der Waals surface area contributed by atoms with Gasteiger partial charge in [0.1, 0.15) is 0 Å². The van der Waals surface area contributed by atoms with Crippen molar-refractivity contribution in [3.05, 3.63) is 47.7 Å². The molecule has 1 aromatic carbocycles. The molecule has 0 amide bonds. The molecule has 2 rings (SSSR count). The predicted octanol–water partition coefficient (Wildman–Crippen LogP) is 3.52. The molecule has 0 fully saturated rings. The van der Waals surface area contributed by atoms with E-state index in [1.165, 1.54) is 12.1 Å². The number of halogens is 3. The average molecular weight is 251 g/mol. The van der Waals surface area contributed by atoms with Crippen molar-refractivity contribution in [1.82, 2.24) is 10.2 Å². The molecule has 1 radical (unpaired) electrons. The van der Waals surface area contributed by atoms with Crippen molar-refractivity contribution in [2.75, 3.05) is 0 Å². The first-order valence-electron chi connectivity index (χ1n) is 5.42. The monoisotopic (exact) mass is 251 g/mol. The molecule has 0 aliphatic rings. The summed E-state index contributed by atoms with van der Waals surface area (Å²) in [4.78, 5) is 0. The SMILES string of the molecule is CCc1[c]cc(-c2ccc(C(F)(F)F)cc2)nn1. The summed E-state index contributed by atoms with van der Waals surface area (Å²) in [6.45, 7) is 1.93. The lowest BCUT2D eigenvalue weighted by atomic mass is 10.1. The molecule has 2 nitrogen and oxygen atoms in total. The van der Waals surface area contributed by atoms with Gasteiger partial charge in [-0.1, -0.05) is 19.1 Å². The Bertz CT molecular complexity index is 515. The van der Waals surface area contributed by atoms with Gasteiger partial charge in [-0.15, -0.1) is 0 Å². The largest absolute Gasteiger partial charge is 0.416 e. The quantitative estimate of drug-likeness (QED) is 0.816. The fraction of sp³-hybridized carbons (Fsp3) is 0.231. The summed E-state index contributed by atoms with van der Waals surface area (Å²) in [6, 6.07) is 9.40. The van der Waals surface area contributed by atoms with Crippen LogP contribution in [0.25, 0.3) is 11.3 Å². The van der Waals surface area contributed by atoms with E-state index in [-0.39, 0.29) is 0 Å². The van der Waals surface area contributed by atoms with E-state index in [4.69, 9.17) is 0 Å². The average Bonchev–Trinajstić information content (AvgIpc) is 2.38. The number of rotatable bonds is 2. The molecule has 0 spiro atoms. The van der Waals surface area contributed by atoms with Crippen molar-refractivity contribution in [3.8, 4) is 11.3 Å². The molecule has 0 aliphatic heterocycles. The van der Waals surface area contributed by atoms with Crippen molar-refractivity contribution >= 4 is 0 Å². The summed E-state index contributed by atoms with van der Waals surface area (Å²) >= 11 is 0. The van der Waals surface area contributed by atoms with E-state index in [9.17, 15) is 13.2 Å². The van der Waals surface area contributed by atoms with Gasteiger partial charge in [0.25, 0.3) is 0 Å². The van der Waals surface area contributed by atoms with E-state index in [1.54, 1.807) is 6.07 Å². The Labute approximate surface area is 102 Å². The molecule has 5 heteroatoms. The fourth-order valence-electron chi connectivity index (χ4n) is 1.47. The number of benzene rings is 1. The van der Waals surface area contributed by atoms with Gasteiger partial charge in [-0.25, -0.2) is 0 Å². The van der Waals surface area contributed by atoms with Crippen molar-refractivity contribution in [3.63, 3.8) is 0 Å². The molecule has 0 saturated carbocycles. The highest BCUT2D eigenvalue weighted by molar-refractivity contribution is 5.58.